The van der Waals surface area contributed by atoms with Crippen molar-refractivity contribution in [1.29, 1.82) is 0 Å². The van der Waals surface area contributed by atoms with E-state index >= 15 is 0 Å². The van der Waals surface area contributed by atoms with Gasteiger partial charge < -0.3 is 24.0 Å². The number of nitrogens with zero attached hydrogens (tertiary/aromatic N) is 3. The van der Waals surface area contributed by atoms with Crippen LogP contribution in [-0.4, -0.2) is 43.9 Å². The van der Waals surface area contributed by atoms with E-state index in [0.717, 1.165) is 11.3 Å². The Morgan fingerprint density at radius 3 is 2.65 bits per heavy atom. The highest BCUT2D eigenvalue weighted by Crippen LogP contribution is 2.41. The largest absolute Gasteiger partial charge is 0.507 e. The maximum Gasteiger partial charge on any atom is 0.295 e. The molecule has 0 spiro atoms. The number of aryl methyl sites for hydroxylation is 1. The Bertz CT molecular complexity index is 1580. The number of amides is 1. The van der Waals surface area contributed by atoms with E-state index in [2.05, 4.69) is 4.98 Å². The Kier molecular flexibility index (Phi) is 6.82. The number of hydrogen-bond donors (Lipinski definition) is 1. The number of likely N-dealkylation sites (tertiary alicyclic amines) is 1. The lowest BCUT2D eigenvalue weighted by molar-refractivity contribution is -0.139. The molecule has 3 heterocycles. The van der Waals surface area contributed by atoms with Crippen LogP contribution in [0.4, 0.5) is 0 Å². The van der Waals surface area contributed by atoms with Gasteiger partial charge in [0.2, 0.25) is 0 Å². The molecular formula is C32H29N3O5. The number of carbonyl (C=O) groups excluding carboxylic acids is 2. The molecule has 4 aromatic rings. The number of imidazole rings is 1. The van der Waals surface area contributed by atoms with Gasteiger partial charge in [0.1, 0.15) is 29.1 Å². The van der Waals surface area contributed by atoms with Gasteiger partial charge in [0.05, 0.1) is 17.9 Å². The molecule has 1 fully saturated rings. The second-order valence-electron chi connectivity index (χ2n) is 10.1. The Labute approximate surface area is 232 Å². The van der Waals surface area contributed by atoms with Crippen LogP contribution in [0.3, 0.4) is 0 Å². The van der Waals surface area contributed by atoms with Gasteiger partial charge in [-0.3, -0.25) is 9.59 Å². The lowest BCUT2D eigenvalue weighted by Crippen LogP contribution is -2.31. The van der Waals surface area contributed by atoms with Crippen LogP contribution in [-0.2, 0) is 22.6 Å². The molecule has 0 aliphatic carbocycles. The SMILES string of the molecule is C[C@@H]1Cc2cc(C(O)=C3C(=O)C(=O)N(CCCn4ccnc4)[C@H]3c3cccc(Oc4ccccc4)c3)ccc2O1. The molecule has 1 amide bonds. The highest BCUT2D eigenvalue weighted by molar-refractivity contribution is 6.46. The first-order chi connectivity index (χ1) is 19.5. The van der Waals surface area contributed by atoms with E-state index < -0.39 is 17.7 Å². The summed E-state index contributed by atoms with van der Waals surface area (Å²) in [5.41, 5.74) is 2.18. The summed E-state index contributed by atoms with van der Waals surface area (Å²) < 4.78 is 13.8. The highest BCUT2D eigenvalue weighted by Gasteiger charge is 2.46. The summed E-state index contributed by atoms with van der Waals surface area (Å²) in [6.45, 7) is 2.94. The van der Waals surface area contributed by atoms with Crippen LogP contribution in [0.15, 0.2) is 97.1 Å². The van der Waals surface area contributed by atoms with E-state index in [4.69, 9.17) is 9.47 Å². The highest BCUT2D eigenvalue weighted by atomic mass is 16.5. The minimum atomic E-state index is -0.773. The number of Topliss-reactive ketones (excluding diaryl/α,β-unsaturated/α-hetero) is 1. The van der Waals surface area contributed by atoms with Crippen LogP contribution < -0.4 is 9.47 Å². The third-order valence-corrected chi connectivity index (χ3v) is 7.24. The number of aliphatic hydroxyl groups is 1. The fourth-order valence-corrected chi connectivity index (χ4v) is 5.40. The van der Waals surface area contributed by atoms with E-state index in [1.165, 1.54) is 0 Å². The Balaban J connectivity index is 1.38. The molecule has 0 bridgehead atoms. The maximum atomic E-state index is 13.5. The van der Waals surface area contributed by atoms with Crippen molar-refractivity contribution in [3.8, 4) is 17.2 Å². The van der Waals surface area contributed by atoms with Gasteiger partial charge in [0.15, 0.2) is 0 Å². The molecule has 3 aromatic carbocycles. The number of aliphatic hydroxyl groups excluding tert-OH is 1. The van der Waals surface area contributed by atoms with Gasteiger partial charge in [-0.1, -0.05) is 30.3 Å². The third-order valence-electron chi connectivity index (χ3n) is 7.24. The second kappa shape index (κ2) is 10.7. The Morgan fingerprint density at radius 2 is 1.85 bits per heavy atom. The standard InChI is InChI=1S/C32H29N3O5/c1-21-17-24-18-23(11-12-27(24)39-21)30(36)28-29(22-7-5-10-26(19-22)40-25-8-3-2-4-9-25)35(32(38)31(28)37)15-6-14-34-16-13-33-20-34/h2-5,7-13,16,18-21,29,36H,6,14-15,17H2,1H3/t21-,29+/m1/s1. The number of carbonyl (C=O) groups is 2. The molecular weight excluding hydrogens is 506 g/mol. The molecule has 2 aliphatic rings. The predicted molar refractivity (Wildman–Crippen MR) is 149 cm³/mol. The first-order valence-corrected chi connectivity index (χ1v) is 13.3. The number of para-hydroxylation sites is 1. The number of hydrogen-bond acceptors (Lipinski definition) is 6. The lowest BCUT2D eigenvalue weighted by atomic mass is 9.94. The first-order valence-electron chi connectivity index (χ1n) is 13.3. The van der Waals surface area contributed by atoms with E-state index in [-0.39, 0.29) is 17.4 Å². The van der Waals surface area contributed by atoms with Crippen molar-refractivity contribution in [3.63, 3.8) is 0 Å². The van der Waals surface area contributed by atoms with Crippen molar-refractivity contribution in [2.75, 3.05) is 6.54 Å². The number of aromatic nitrogens is 2. The Morgan fingerprint density at radius 1 is 1.02 bits per heavy atom. The molecule has 202 valence electrons. The van der Waals surface area contributed by atoms with Crippen molar-refractivity contribution >= 4 is 17.4 Å². The first kappa shape index (κ1) is 25.4. The van der Waals surface area contributed by atoms with Crippen LogP contribution >= 0.6 is 0 Å². The smallest absolute Gasteiger partial charge is 0.295 e. The fraction of sp³-hybridized carbons (Fsp3) is 0.219. The van der Waals surface area contributed by atoms with Crippen LogP contribution in [0, 0.1) is 0 Å². The average Bonchev–Trinajstić information content (AvgIpc) is 3.67. The van der Waals surface area contributed by atoms with Gasteiger partial charge in [-0.25, -0.2) is 4.98 Å². The molecule has 1 saturated heterocycles. The molecule has 0 radical (unpaired) electrons. The maximum absolute atomic E-state index is 13.5. The van der Waals surface area contributed by atoms with Crippen molar-refractivity contribution < 1.29 is 24.2 Å². The average molecular weight is 536 g/mol. The van der Waals surface area contributed by atoms with Crippen LogP contribution in [0.1, 0.15) is 36.1 Å². The van der Waals surface area contributed by atoms with Crippen LogP contribution in [0.5, 0.6) is 17.2 Å². The van der Waals surface area contributed by atoms with Gasteiger partial charge >= 0.3 is 0 Å². The molecule has 8 nitrogen and oxygen atoms in total. The number of ether oxygens (including phenoxy) is 2. The second-order valence-corrected chi connectivity index (χ2v) is 10.1. The zero-order valence-electron chi connectivity index (χ0n) is 22.1. The van der Waals surface area contributed by atoms with Crippen molar-refractivity contribution in [2.45, 2.75) is 38.5 Å². The molecule has 2 atom stereocenters. The minimum Gasteiger partial charge on any atom is -0.507 e. The zero-order chi connectivity index (χ0) is 27.6. The molecule has 8 heteroatoms. The van der Waals surface area contributed by atoms with Gasteiger partial charge in [-0.05, 0) is 66.9 Å². The molecule has 0 unspecified atom stereocenters. The molecule has 6 rings (SSSR count). The normalized spacial score (nSPS) is 19.5. The summed E-state index contributed by atoms with van der Waals surface area (Å²) in [5.74, 6) is 0.470. The lowest BCUT2D eigenvalue weighted by Gasteiger charge is -2.26. The molecule has 40 heavy (non-hydrogen) atoms. The van der Waals surface area contributed by atoms with E-state index in [1.807, 2.05) is 78.4 Å². The molecule has 2 aliphatic heterocycles. The molecule has 1 aromatic heterocycles. The monoisotopic (exact) mass is 535 g/mol. The predicted octanol–water partition coefficient (Wildman–Crippen LogP) is 5.51. The zero-order valence-corrected chi connectivity index (χ0v) is 22.1. The van der Waals surface area contributed by atoms with Crippen molar-refractivity contribution in [3.05, 3.63) is 114 Å². The van der Waals surface area contributed by atoms with Gasteiger partial charge in [-0.2, -0.15) is 0 Å². The summed E-state index contributed by atoms with van der Waals surface area (Å²) >= 11 is 0. The topological polar surface area (TPSA) is 93.9 Å². The molecule has 0 saturated carbocycles. The fourth-order valence-electron chi connectivity index (χ4n) is 5.40. The third kappa shape index (κ3) is 4.96. The van der Waals surface area contributed by atoms with Gasteiger partial charge in [-0.15, -0.1) is 0 Å². The molecule has 1 N–H and O–H groups in total. The summed E-state index contributed by atoms with van der Waals surface area (Å²) in [6.07, 6.45) is 6.63. The number of benzene rings is 3. The van der Waals surface area contributed by atoms with Gasteiger partial charge in [0.25, 0.3) is 11.7 Å². The van der Waals surface area contributed by atoms with E-state index in [0.29, 0.717) is 48.6 Å². The van der Waals surface area contributed by atoms with E-state index in [9.17, 15) is 14.7 Å². The Hall–Kier alpha value is -4.85. The quantitative estimate of drug-likeness (QED) is 0.182. The number of ketones is 1. The van der Waals surface area contributed by atoms with Crippen molar-refractivity contribution in [2.24, 2.45) is 0 Å². The van der Waals surface area contributed by atoms with Crippen molar-refractivity contribution in [1.82, 2.24) is 14.5 Å². The van der Waals surface area contributed by atoms with Crippen LogP contribution in [0.2, 0.25) is 0 Å². The summed E-state index contributed by atoms with van der Waals surface area (Å²) in [6, 6.07) is 21.3. The summed E-state index contributed by atoms with van der Waals surface area (Å²) in [7, 11) is 0. The number of fused-ring (bicyclic) bond motifs is 1. The van der Waals surface area contributed by atoms with E-state index in [1.54, 1.807) is 29.6 Å². The minimum absolute atomic E-state index is 0.0424. The van der Waals surface area contributed by atoms with Crippen LogP contribution in [0.25, 0.3) is 5.76 Å². The van der Waals surface area contributed by atoms with Gasteiger partial charge in [0, 0.05) is 37.5 Å². The number of rotatable bonds is 8. The summed E-state index contributed by atoms with van der Waals surface area (Å²) in [5, 5.41) is 11.5. The summed E-state index contributed by atoms with van der Waals surface area (Å²) in [4.78, 5) is 32.5.